The number of hydrogen-bond acceptors (Lipinski definition) is 4. The number of nitrogens with zero attached hydrogens (tertiary/aromatic N) is 1. The Labute approximate surface area is 109 Å². The third-order valence-corrected chi connectivity index (χ3v) is 3.79. The molecule has 0 saturated heterocycles. The third kappa shape index (κ3) is 3.67. The van der Waals surface area contributed by atoms with Gasteiger partial charge in [0.25, 0.3) is 0 Å². The standard InChI is InChI=1S/C11H13N3OS2/c1-16-9-4-2-8(3-5-9)13-10(15)14-11-12-6-7-17-11/h2-5H,6-7H2,1H3,(H2,12,13,14,15). The maximum atomic E-state index is 11.6. The maximum Gasteiger partial charge on any atom is 0.325 e. The molecule has 2 N–H and O–H groups in total. The van der Waals surface area contributed by atoms with Gasteiger partial charge in [-0.3, -0.25) is 10.3 Å². The Balaban J connectivity index is 1.88. The molecule has 1 aromatic carbocycles. The van der Waals surface area contributed by atoms with Crippen molar-refractivity contribution in [2.75, 3.05) is 23.9 Å². The monoisotopic (exact) mass is 267 g/mol. The molecule has 2 amide bonds. The summed E-state index contributed by atoms with van der Waals surface area (Å²) in [4.78, 5) is 16.9. The number of amidine groups is 1. The van der Waals surface area contributed by atoms with E-state index < -0.39 is 0 Å². The van der Waals surface area contributed by atoms with E-state index in [9.17, 15) is 4.79 Å². The molecule has 0 saturated carbocycles. The minimum absolute atomic E-state index is 0.241. The summed E-state index contributed by atoms with van der Waals surface area (Å²) in [6.07, 6.45) is 2.02. The molecule has 90 valence electrons. The summed E-state index contributed by atoms with van der Waals surface area (Å²) < 4.78 is 0. The van der Waals surface area contributed by atoms with Crippen molar-refractivity contribution in [3.8, 4) is 0 Å². The number of amides is 2. The second kappa shape index (κ2) is 5.97. The van der Waals surface area contributed by atoms with Crippen molar-refractivity contribution in [1.82, 2.24) is 5.32 Å². The average Bonchev–Trinajstić information content (AvgIpc) is 2.82. The van der Waals surface area contributed by atoms with E-state index in [0.717, 1.165) is 18.0 Å². The van der Waals surface area contributed by atoms with E-state index in [0.29, 0.717) is 5.17 Å². The van der Waals surface area contributed by atoms with Crippen LogP contribution >= 0.6 is 23.5 Å². The van der Waals surface area contributed by atoms with Gasteiger partial charge in [0.05, 0.1) is 6.54 Å². The Morgan fingerprint density at radius 3 is 2.71 bits per heavy atom. The van der Waals surface area contributed by atoms with Crippen LogP contribution in [-0.2, 0) is 0 Å². The normalized spacial score (nSPS) is 14.3. The molecule has 0 bridgehead atoms. The number of anilines is 1. The van der Waals surface area contributed by atoms with Crippen molar-refractivity contribution >= 4 is 40.4 Å². The maximum absolute atomic E-state index is 11.6. The molecule has 0 aliphatic carbocycles. The third-order valence-electron chi connectivity index (χ3n) is 2.15. The van der Waals surface area contributed by atoms with Gasteiger partial charge < -0.3 is 5.32 Å². The molecule has 1 heterocycles. The van der Waals surface area contributed by atoms with E-state index >= 15 is 0 Å². The molecule has 2 rings (SSSR count). The molecule has 1 aliphatic rings. The van der Waals surface area contributed by atoms with Crippen molar-refractivity contribution in [1.29, 1.82) is 0 Å². The van der Waals surface area contributed by atoms with E-state index in [4.69, 9.17) is 0 Å². The molecule has 17 heavy (non-hydrogen) atoms. The molecular formula is C11H13N3OS2. The zero-order valence-corrected chi connectivity index (χ0v) is 11.0. The van der Waals surface area contributed by atoms with Crippen LogP contribution in [0.4, 0.5) is 10.5 Å². The summed E-state index contributed by atoms with van der Waals surface area (Å²) in [7, 11) is 0. The first-order chi connectivity index (χ1) is 8.28. The summed E-state index contributed by atoms with van der Waals surface area (Å²) in [5, 5.41) is 6.18. The Kier molecular flexibility index (Phi) is 4.33. The van der Waals surface area contributed by atoms with Gasteiger partial charge in [0, 0.05) is 16.3 Å². The van der Waals surface area contributed by atoms with Gasteiger partial charge in [0.15, 0.2) is 5.17 Å². The number of hydrogen-bond donors (Lipinski definition) is 2. The van der Waals surface area contributed by atoms with E-state index in [1.807, 2.05) is 30.5 Å². The molecule has 0 atom stereocenters. The molecule has 0 spiro atoms. The first kappa shape index (κ1) is 12.3. The molecule has 1 aliphatic heterocycles. The minimum atomic E-state index is -0.241. The number of carbonyl (C=O) groups excluding carboxylic acids is 1. The van der Waals surface area contributed by atoms with Crippen LogP contribution in [0.5, 0.6) is 0 Å². The topological polar surface area (TPSA) is 53.5 Å². The zero-order valence-electron chi connectivity index (χ0n) is 9.40. The molecule has 0 fully saturated rings. The lowest BCUT2D eigenvalue weighted by molar-refractivity contribution is 0.256. The fourth-order valence-electron chi connectivity index (χ4n) is 1.34. The number of benzene rings is 1. The van der Waals surface area contributed by atoms with Gasteiger partial charge in [-0.2, -0.15) is 0 Å². The Morgan fingerprint density at radius 1 is 1.35 bits per heavy atom. The highest BCUT2D eigenvalue weighted by Crippen LogP contribution is 2.17. The highest BCUT2D eigenvalue weighted by molar-refractivity contribution is 8.14. The van der Waals surface area contributed by atoms with Gasteiger partial charge in [-0.15, -0.1) is 11.8 Å². The minimum Gasteiger partial charge on any atom is -0.308 e. The number of aliphatic imine (C=N–C) groups is 1. The van der Waals surface area contributed by atoms with Gasteiger partial charge in [-0.25, -0.2) is 4.79 Å². The van der Waals surface area contributed by atoms with Crippen LogP contribution in [0.3, 0.4) is 0 Å². The molecule has 0 radical (unpaired) electrons. The van der Waals surface area contributed by atoms with Crippen LogP contribution in [0.1, 0.15) is 0 Å². The number of rotatable bonds is 2. The Morgan fingerprint density at radius 2 is 2.12 bits per heavy atom. The van der Waals surface area contributed by atoms with Gasteiger partial charge >= 0.3 is 6.03 Å². The highest BCUT2D eigenvalue weighted by atomic mass is 32.2. The van der Waals surface area contributed by atoms with Gasteiger partial charge in [-0.05, 0) is 30.5 Å². The van der Waals surface area contributed by atoms with Crippen LogP contribution in [0.15, 0.2) is 34.2 Å². The van der Waals surface area contributed by atoms with Gasteiger partial charge in [-0.1, -0.05) is 11.8 Å². The summed E-state index contributed by atoms with van der Waals surface area (Å²) in [6, 6.07) is 7.48. The van der Waals surface area contributed by atoms with Crippen LogP contribution < -0.4 is 10.6 Å². The van der Waals surface area contributed by atoms with Crippen molar-refractivity contribution in [2.24, 2.45) is 4.99 Å². The Hall–Kier alpha value is -1.14. The van der Waals surface area contributed by atoms with Crippen LogP contribution in [0.25, 0.3) is 0 Å². The Bertz CT molecular complexity index is 431. The predicted octanol–water partition coefficient (Wildman–Crippen LogP) is 2.63. The first-order valence-corrected chi connectivity index (χ1v) is 7.38. The summed E-state index contributed by atoms with van der Waals surface area (Å²) in [6.45, 7) is 0.780. The highest BCUT2D eigenvalue weighted by Gasteiger charge is 2.10. The van der Waals surface area contributed by atoms with E-state index in [1.165, 1.54) is 4.90 Å². The number of thioether (sulfide) groups is 2. The zero-order chi connectivity index (χ0) is 12.1. The van der Waals surface area contributed by atoms with Gasteiger partial charge in [0.1, 0.15) is 0 Å². The molecule has 1 aromatic rings. The van der Waals surface area contributed by atoms with Gasteiger partial charge in [0.2, 0.25) is 0 Å². The lowest BCUT2D eigenvalue weighted by Crippen LogP contribution is -2.31. The van der Waals surface area contributed by atoms with Crippen LogP contribution in [0, 0.1) is 0 Å². The molecular weight excluding hydrogens is 254 g/mol. The summed E-state index contributed by atoms with van der Waals surface area (Å²) in [5.74, 6) is 0.942. The predicted molar refractivity (Wildman–Crippen MR) is 75.1 cm³/mol. The average molecular weight is 267 g/mol. The lowest BCUT2D eigenvalue weighted by atomic mass is 10.3. The van der Waals surface area contributed by atoms with E-state index in [1.54, 1.807) is 23.5 Å². The molecule has 0 aromatic heterocycles. The summed E-state index contributed by atoms with van der Waals surface area (Å²) >= 11 is 3.23. The van der Waals surface area contributed by atoms with Crippen molar-refractivity contribution < 1.29 is 4.79 Å². The lowest BCUT2D eigenvalue weighted by Gasteiger charge is -2.07. The van der Waals surface area contributed by atoms with Crippen LogP contribution in [0.2, 0.25) is 0 Å². The van der Waals surface area contributed by atoms with Crippen molar-refractivity contribution in [3.05, 3.63) is 24.3 Å². The smallest absolute Gasteiger partial charge is 0.308 e. The number of carbonyl (C=O) groups is 1. The number of nitrogens with one attached hydrogen (secondary N) is 2. The fourth-order valence-corrected chi connectivity index (χ4v) is 2.48. The number of urea groups is 1. The molecule has 6 heteroatoms. The van der Waals surface area contributed by atoms with Crippen molar-refractivity contribution in [2.45, 2.75) is 4.90 Å². The van der Waals surface area contributed by atoms with Crippen molar-refractivity contribution in [3.63, 3.8) is 0 Å². The van der Waals surface area contributed by atoms with E-state index in [2.05, 4.69) is 15.6 Å². The first-order valence-electron chi connectivity index (χ1n) is 5.17. The SMILES string of the molecule is CSc1ccc(NC(=O)NC2=NCCS2)cc1. The largest absolute Gasteiger partial charge is 0.325 e. The summed E-state index contributed by atoms with van der Waals surface area (Å²) in [5.41, 5.74) is 0.781. The molecule has 0 unspecified atom stereocenters. The second-order valence-electron chi connectivity index (χ2n) is 3.34. The van der Waals surface area contributed by atoms with E-state index in [-0.39, 0.29) is 6.03 Å². The van der Waals surface area contributed by atoms with Crippen LogP contribution in [-0.4, -0.2) is 29.8 Å². The fraction of sp³-hybridized carbons (Fsp3) is 0.273. The second-order valence-corrected chi connectivity index (χ2v) is 5.31. The molecule has 4 nitrogen and oxygen atoms in total. The quantitative estimate of drug-likeness (QED) is 0.810.